The smallest absolute Gasteiger partial charge is 0.406 e. The first-order valence-corrected chi connectivity index (χ1v) is 10.6. The number of hydrogen-bond acceptors (Lipinski definition) is 4. The third kappa shape index (κ3) is 7.25. The predicted octanol–water partition coefficient (Wildman–Crippen LogP) is 3.91. The summed E-state index contributed by atoms with van der Waals surface area (Å²) in [5.41, 5.74) is 7.00. The molecule has 0 amide bonds. The van der Waals surface area contributed by atoms with Gasteiger partial charge in [0.15, 0.2) is 5.96 Å². The number of sulfonamides is 1. The zero-order chi connectivity index (χ0) is 21.8. The summed E-state index contributed by atoms with van der Waals surface area (Å²) in [6, 6.07) is 11.5. The van der Waals surface area contributed by atoms with Crippen LogP contribution in [-0.4, -0.2) is 38.1 Å². The first kappa shape index (κ1) is 25.2. The number of nitrogens with two attached hydrogens (primary N) is 1. The Balaban J connectivity index is 0.00000341. The van der Waals surface area contributed by atoms with Gasteiger partial charge in [0.2, 0.25) is 10.0 Å². The number of hydrogen-bond donors (Lipinski definition) is 2. The van der Waals surface area contributed by atoms with Crippen molar-refractivity contribution in [1.29, 1.82) is 0 Å². The van der Waals surface area contributed by atoms with Gasteiger partial charge in [-0.25, -0.2) is 13.4 Å². The molecule has 3 rings (SSSR count). The number of rotatable bonds is 6. The van der Waals surface area contributed by atoms with E-state index in [0.29, 0.717) is 18.8 Å². The molecule has 0 atom stereocenters. The Morgan fingerprint density at radius 2 is 1.65 bits per heavy atom. The Kier molecular flexibility index (Phi) is 8.54. The highest BCUT2D eigenvalue weighted by atomic mass is 127. The molecule has 0 aliphatic carbocycles. The summed E-state index contributed by atoms with van der Waals surface area (Å²) in [7, 11) is -3.46. The van der Waals surface area contributed by atoms with Gasteiger partial charge in [0, 0.05) is 18.8 Å². The number of benzene rings is 2. The predicted molar refractivity (Wildman–Crippen MR) is 122 cm³/mol. The summed E-state index contributed by atoms with van der Waals surface area (Å²) in [4.78, 5) is 4.39. The molecule has 0 radical (unpaired) electrons. The molecule has 1 saturated heterocycles. The number of aliphatic imine (C=N–C) groups is 1. The van der Waals surface area contributed by atoms with E-state index in [1.807, 2.05) is 0 Å². The first-order chi connectivity index (χ1) is 14.1. The maximum Gasteiger partial charge on any atom is 0.573 e. The van der Waals surface area contributed by atoms with Crippen LogP contribution < -0.4 is 15.8 Å². The zero-order valence-electron chi connectivity index (χ0n) is 16.3. The summed E-state index contributed by atoms with van der Waals surface area (Å²) in [6.45, 7) is 1.29. The lowest BCUT2D eigenvalue weighted by molar-refractivity contribution is -0.274. The van der Waals surface area contributed by atoms with Crippen LogP contribution in [0.4, 0.5) is 18.9 Å². The zero-order valence-corrected chi connectivity index (χ0v) is 19.4. The second-order valence-corrected chi connectivity index (χ2v) is 8.59. The van der Waals surface area contributed by atoms with Crippen molar-refractivity contribution in [2.45, 2.75) is 30.6 Å². The second-order valence-electron chi connectivity index (χ2n) is 6.65. The van der Waals surface area contributed by atoms with Gasteiger partial charge in [-0.1, -0.05) is 12.1 Å². The van der Waals surface area contributed by atoms with E-state index in [2.05, 4.69) is 15.0 Å². The number of nitrogens with zero attached hydrogens (tertiary/aromatic N) is 2. The van der Waals surface area contributed by atoms with Crippen molar-refractivity contribution >= 4 is 45.6 Å². The minimum absolute atomic E-state index is 0. The van der Waals surface area contributed by atoms with Crippen LogP contribution in [0.1, 0.15) is 18.4 Å². The van der Waals surface area contributed by atoms with Crippen LogP contribution in [0, 0.1) is 0 Å². The topological polar surface area (TPSA) is 97.0 Å². The molecular formula is C19H22F3IN4O3S. The second kappa shape index (κ2) is 10.5. The lowest BCUT2D eigenvalue weighted by atomic mass is 10.2. The maximum absolute atomic E-state index is 12.5. The maximum atomic E-state index is 12.5. The lowest BCUT2D eigenvalue weighted by Crippen LogP contribution is -2.27. The van der Waals surface area contributed by atoms with E-state index in [4.69, 9.17) is 5.73 Å². The third-order valence-corrected chi connectivity index (χ3v) is 6.33. The van der Waals surface area contributed by atoms with Crippen LogP contribution in [0.3, 0.4) is 0 Å². The van der Waals surface area contributed by atoms with Gasteiger partial charge in [0.25, 0.3) is 0 Å². The van der Waals surface area contributed by atoms with Crippen molar-refractivity contribution in [2.75, 3.05) is 18.4 Å². The Morgan fingerprint density at radius 3 is 2.19 bits per heavy atom. The molecule has 1 aliphatic rings. The van der Waals surface area contributed by atoms with Crippen LogP contribution >= 0.6 is 24.0 Å². The molecule has 12 heteroatoms. The van der Waals surface area contributed by atoms with Gasteiger partial charge in [-0.15, -0.1) is 37.1 Å². The van der Waals surface area contributed by atoms with E-state index in [-0.39, 0.29) is 47.1 Å². The summed E-state index contributed by atoms with van der Waals surface area (Å²) in [5.74, 6) is -0.277. The van der Waals surface area contributed by atoms with E-state index in [1.165, 1.54) is 16.4 Å². The Labute approximate surface area is 195 Å². The number of nitrogens with one attached hydrogen (secondary N) is 1. The van der Waals surface area contributed by atoms with Gasteiger partial charge in [0.1, 0.15) is 5.75 Å². The van der Waals surface area contributed by atoms with Crippen LogP contribution in [0.2, 0.25) is 0 Å². The Bertz CT molecular complexity index is 992. The molecule has 1 fully saturated rings. The molecule has 170 valence electrons. The lowest BCUT2D eigenvalue weighted by Gasteiger charge is -2.15. The normalized spacial score (nSPS) is 15.4. The van der Waals surface area contributed by atoms with E-state index in [0.717, 1.165) is 30.5 Å². The molecule has 0 bridgehead atoms. The average Bonchev–Trinajstić information content (AvgIpc) is 3.23. The van der Waals surface area contributed by atoms with Crippen molar-refractivity contribution in [3.8, 4) is 5.75 Å². The Morgan fingerprint density at radius 1 is 1.06 bits per heavy atom. The van der Waals surface area contributed by atoms with Crippen molar-refractivity contribution in [1.82, 2.24) is 4.31 Å². The molecule has 7 nitrogen and oxygen atoms in total. The summed E-state index contributed by atoms with van der Waals surface area (Å²) in [6.07, 6.45) is -3.01. The molecule has 2 aromatic carbocycles. The molecule has 0 unspecified atom stereocenters. The fourth-order valence-corrected chi connectivity index (χ4v) is 4.47. The van der Waals surface area contributed by atoms with E-state index in [9.17, 15) is 21.6 Å². The average molecular weight is 570 g/mol. The van der Waals surface area contributed by atoms with Gasteiger partial charge in [-0.3, -0.25) is 0 Å². The van der Waals surface area contributed by atoms with Gasteiger partial charge >= 0.3 is 6.36 Å². The van der Waals surface area contributed by atoms with Crippen LogP contribution in [0.15, 0.2) is 58.4 Å². The molecule has 1 aliphatic heterocycles. The molecule has 0 spiro atoms. The highest BCUT2D eigenvalue weighted by molar-refractivity contribution is 14.0. The highest BCUT2D eigenvalue weighted by Gasteiger charge is 2.31. The van der Waals surface area contributed by atoms with Gasteiger partial charge < -0.3 is 15.8 Å². The summed E-state index contributed by atoms with van der Waals surface area (Å²) < 4.78 is 66.8. The highest BCUT2D eigenvalue weighted by Crippen LogP contribution is 2.24. The minimum atomic E-state index is -4.75. The van der Waals surface area contributed by atoms with Crippen molar-refractivity contribution < 1.29 is 26.3 Å². The van der Waals surface area contributed by atoms with E-state index >= 15 is 0 Å². The van der Waals surface area contributed by atoms with Crippen molar-refractivity contribution in [3.05, 3.63) is 54.1 Å². The van der Waals surface area contributed by atoms with Crippen LogP contribution in [0.25, 0.3) is 0 Å². The van der Waals surface area contributed by atoms with Crippen LogP contribution in [-0.2, 0) is 16.6 Å². The van der Waals surface area contributed by atoms with Crippen molar-refractivity contribution in [2.24, 2.45) is 10.7 Å². The molecule has 31 heavy (non-hydrogen) atoms. The summed E-state index contributed by atoms with van der Waals surface area (Å²) in [5, 5.41) is 2.76. The van der Waals surface area contributed by atoms with Crippen molar-refractivity contribution in [3.63, 3.8) is 0 Å². The van der Waals surface area contributed by atoms with E-state index in [1.54, 1.807) is 24.3 Å². The molecular weight excluding hydrogens is 548 g/mol. The molecule has 3 N–H and O–H groups in total. The van der Waals surface area contributed by atoms with Crippen LogP contribution in [0.5, 0.6) is 5.75 Å². The number of alkyl halides is 3. The standard InChI is InChI=1S/C19H21F3N4O3S.HI/c20-19(21,22)29-16-7-5-15(6-8-16)25-18(23)24-13-14-3-9-17(10-4-14)30(27,28)26-11-1-2-12-26;/h3-10H,1-2,11-13H2,(H3,23,24,25);1H. The number of halogens is 4. The summed E-state index contributed by atoms with van der Waals surface area (Å²) >= 11 is 0. The largest absolute Gasteiger partial charge is 0.573 e. The quantitative estimate of drug-likeness (QED) is 0.312. The van der Waals surface area contributed by atoms with Gasteiger partial charge in [-0.05, 0) is 54.8 Å². The van der Waals surface area contributed by atoms with E-state index < -0.39 is 16.4 Å². The molecule has 0 aromatic heterocycles. The minimum Gasteiger partial charge on any atom is -0.406 e. The molecule has 1 heterocycles. The number of anilines is 1. The number of guanidine groups is 1. The third-order valence-electron chi connectivity index (χ3n) is 4.42. The first-order valence-electron chi connectivity index (χ1n) is 9.15. The van der Waals surface area contributed by atoms with Gasteiger partial charge in [0.05, 0.1) is 11.4 Å². The Hall–Kier alpha value is -2.06. The fourth-order valence-electron chi connectivity index (χ4n) is 2.95. The molecule has 0 saturated carbocycles. The number of ether oxygens (including phenoxy) is 1. The molecule has 2 aromatic rings. The SMILES string of the molecule is I.NC(=NCc1ccc(S(=O)(=O)N2CCCC2)cc1)Nc1ccc(OC(F)(F)F)cc1. The monoisotopic (exact) mass is 570 g/mol. The fraction of sp³-hybridized carbons (Fsp3) is 0.316. The van der Waals surface area contributed by atoms with Gasteiger partial charge in [-0.2, -0.15) is 4.31 Å².